The number of rotatable bonds is 3. The van der Waals surface area contributed by atoms with Gasteiger partial charge in [0.05, 0.1) is 17.9 Å². The summed E-state index contributed by atoms with van der Waals surface area (Å²) in [5.74, 6) is 0. The standard InChI is InChI=1S/C10H11N3S/c1-8-7-14-10(13-8)12-6-9-4-2-3-5-11-9/h2-5,7H,6H2,1H3,(H,12,13). The molecule has 0 saturated heterocycles. The summed E-state index contributed by atoms with van der Waals surface area (Å²) in [6.07, 6.45) is 1.80. The maximum Gasteiger partial charge on any atom is 0.183 e. The van der Waals surface area contributed by atoms with E-state index in [1.54, 1.807) is 17.5 Å². The summed E-state index contributed by atoms with van der Waals surface area (Å²) in [7, 11) is 0. The second-order valence-electron chi connectivity index (χ2n) is 2.97. The lowest BCUT2D eigenvalue weighted by Gasteiger charge is -2.00. The fourth-order valence-electron chi connectivity index (χ4n) is 1.10. The van der Waals surface area contributed by atoms with E-state index in [1.807, 2.05) is 30.5 Å². The Morgan fingerprint density at radius 2 is 2.36 bits per heavy atom. The monoisotopic (exact) mass is 205 g/mol. The summed E-state index contributed by atoms with van der Waals surface area (Å²) >= 11 is 1.62. The fraction of sp³-hybridized carbons (Fsp3) is 0.200. The van der Waals surface area contributed by atoms with Gasteiger partial charge in [-0.05, 0) is 19.1 Å². The van der Waals surface area contributed by atoms with Gasteiger partial charge in [0.25, 0.3) is 0 Å². The summed E-state index contributed by atoms with van der Waals surface area (Å²) in [4.78, 5) is 8.52. The highest BCUT2D eigenvalue weighted by Crippen LogP contribution is 2.14. The predicted octanol–water partition coefficient (Wildman–Crippen LogP) is 2.46. The Balaban J connectivity index is 1.95. The lowest BCUT2D eigenvalue weighted by molar-refractivity contribution is 1.04. The Bertz CT molecular complexity index is 397. The number of pyridine rings is 1. The van der Waals surface area contributed by atoms with Crippen LogP contribution in [-0.2, 0) is 6.54 Å². The maximum absolute atomic E-state index is 4.31. The molecule has 0 amide bonds. The summed E-state index contributed by atoms with van der Waals surface area (Å²) < 4.78 is 0. The highest BCUT2D eigenvalue weighted by molar-refractivity contribution is 7.13. The van der Waals surface area contributed by atoms with Crippen molar-refractivity contribution >= 4 is 16.5 Å². The fourth-order valence-corrected chi connectivity index (χ4v) is 1.79. The second-order valence-corrected chi connectivity index (χ2v) is 3.83. The number of thiazole rings is 1. The topological polar surface area (TPSA) is 37.8 Å². The minimum atomic E-state index is 0.730. The third-order valence-corrected chi connectivity index (χ3v) is 2.68. The average Bonchev–Trinajstić information content (AvgIpc) is 2.63. The zero-order valence-corrected chi connectivity index (χ0v) is 8.71. The Kier molecular flexibility index (Phi) is 2.74. The minimum absolute atomic E-state index is 0.730. The van der Waals surface area contributed by atoms with E-state index in [0.29, 0.717) is 0 Å². The van der Waals surface area contributed by atoms with E-state index >= 15 is 0 Å². The Morgan fingerprint density at radius 3 is 3.00 bits per heavy atom. The van der Waals surface area contributed by atoms with Crippen molar-refractivity contribution in [2.45, 2.75) is 13.5 Å². The van der Waals surface area contributed by atoms with Gasteiger partial charge in [0.2, 0.25) is 0 Å². The van der Waals surface area contributed by atoms with Crippen LogP contribution in [0, 0.1) is 6.92 Å². The van der Waals surface area contributed by atoms with Crippen LogP contribution in [0.15, 0.2) is 29.8 Å². The van der Waals surface area contributed by atoms with Crippen molar-refractivity contribution in [3.8, 4) is 0 Å². The Morgan fingerprint density at radius 1 is 1.43 bits per heavy atom. The zero-order valence-electron chi connectivity index (χ0n) is 7.90. The first-order valence-electron chi connectivity index (χ1n) is 4.40. The van der Waals surface area contributed by atoms with Crippen molar-refractivity contribution in [1.29, 1.82) is 0 Å². The number of hydrogen-bond acceptors (Lipinski definition) is 4. The smallest absolute Gasteiger partial charge is 0.183 e. The molecule has 0 aromatic carbocycles. The summed E-state index contributed by atoms with van der Waals surface area (Å²) in [5, 5.41) is 6.21. The molecule has 0 spiro atoms. The van der Waals surface area contributed by atoms with Crippen LogP contribution in [0.25, 0.3) is 0 Å². The minimum Gasteiger partial charge on any atom is -0.356 e. The van der Waals surface area contributed by atoms with Gasteiger partial charge in [-0.15, -0.1) is 11.3 Å². The Labute approximate surface area is 86.8 Å². The van der Waals surface area contributed by atoms with Crippen molar-refractivity contribution in [3.63, 3.8) is 0 Å². The van der Waals surface area contributed by atoms with E-state index in [4.69, 9.17) is 0 Å². The molecule has 2 aromatic heterocycles. The molecule has 0 aliphatic rings. The van der Waals surface area contributed by atoms with Gasteiger partial charge in [-0.3, -0.25) is 4.98 Å². The molecule has 3 nitrogen and oxygen atoms in total. The van der Waals surface area contributed by atoms with Gasteiger partial charge in [0.1, 0.15) is 0 Å². The number of aryl methyl sites for hydroxylation is 1. The first kappa shape index (κ1) is 9.15. The Hall–Kier alpha value is -1.42. The van der Waals surface area contributed by atoms with Crippen molar-refractivity contribution in [1.82, 2.24) is 9.97 Å². The van der Waals surface area contributed by atoms with Gasteiger partial charge < -0.3 is 5.32 Å². The third kappa shape index (κ3) is 2.29. The van der Waals surface area contributed by atoms with Crippen molar-refractivity contribution in [2.75, 3.05) is 5.32 Å². The first-order valence-corrected chi connectivity index (χ1v) is 5.28. The van der Waals surface area contributed by atoms with Crippen LogP contribution in [0.3, 0.4) is 0 Å². The molecule has 1 N–H and O–H groups in total. The molecule has 2 aromatic rings. The van der Waals surface area contributed by atoms with Gasteiger partial charge in [0.15, 0.2) is 5.13 Å². The van der Waals surface area contributed by atoms with Gasteiger partial charge in [-0.2, -0.15) is 0 Å². The highest BCUT2D eigenvalue weighted by atomic mass is 32.1. The number of anilines is 1. The van der Waals surface area contributed by atoms with Gasteiger partial charge >= 0.3 is 0 Å². The van der Waals surface area contributed by atoms with Crippen LogP contribution in [0.5, 0.6) is 0 Å². The number of aromatic nitrogens is 2. The summed E-state index contributed by atoms with van der Waals surface area (Å²) in [6.45, 7) is 2.72. The summed E-state index contributed by atoms with van der Waals surface area (Å²) in [6, 6.07) is 5.89. The van der Waals surface area contributed by atoms with Crippen LogP contribution < -0.4 is 5.32 Å². The largest absolute Gasteiger partial charge is 0.356 e. The van der Waals surface area contributed by atoms with Gasteiger partial charge in [-0.25, -0.2) is 4.98 Å². The normalized spacial score (nSPS) is 10.1. The van der Waals surface area contributed by atoms with Crippen molar-refractivity contribution < 1.29 is 0 Å². The molecule has 4 heteroatoms. The van der Waals surface area contributed by atoms with Crippen LogP contribution >= 0.6 is 11.3 Å². The molecular formula is C10H11N3S. The average molecular weight is 205 g/mol. The number of nitrogens with zero attached hydrogens (tertiary/aromatic N) is 2. The molecule has 0 atom stereocenters. The molecule has 2 heterocycles. The predicted molar refractivity (Wildman–Crippen MR) is 58.4 cm³/mol. The lowest BCUT2D eigenvalue weighted by atomic mass is 10.3. The molecular weight excluding hydrogens is 194 g/mol. The molecule has 0 unspecified atom stereocenters. The van der Waals surface area contributed by atoms with Crippen LogP contribution in [0.4, 0.5) is 5.13 Å². The zero-order chi connectivity index (χ0) is 9.80. The number of hydrogen-bond donors (Lipinski definition) is 1. The van der Waals surface area contributed by atoms with E-state index in [1.165, 1.54) is 0 Å². The van der Waals surface area contributed by atoms with E-state index in [0.717, 1.165) is 23.1 Å². The molecule has 0 aliphatic carbocycles. The molecule has 0 fully saturated rings. The quantitative estimate of drug-likeness (QED) is 0.836. The molecule has 14 heavy (non-hydrogen) atoms. The van der Waals surface area contributed by atoms with Crippen LogP contribution in [0.2, 0.25) is 0 Å². The van der Waals surface area contributed by atoms with Crippen LogP contribution in [0.1, 0.15) is 11.4 Å². The van der Waals surface area contributed by atoms with E-state index in [9.17, 15) is 0 Å². The summed E-state index contributed by atoms with van der Waals surface area (Å²) in [5.41, 5.74) is 2.08. The second kappa shape index (κ2) is 4.19. The van der Waals surface area contributed by atoms with E-state index in [2.05, 4.69) is 15.3 Å². The van der Waals surface area contributed by atoms with Crippen LogP contribution in [-0.4, -0.2) is 9.97 Å². The molecule has 0 saturated carbocycles. The third-order valence-electron chi connectivity index (χ3n) is 1.77. The van der Waals surface area contributed by atoms with E-state index in [-0.39, 0.29) is 0 Å². The molecule has 0 bridgehead atoms. The molecule has 72 valence electrons. The highest BCUT2D eigenvalue weighted by Gasteiger charge is 1.97. The molecule has 2 rings (SSSR count). The van der Waals surface area contributed by atoms with Crippen molar-refractivity contribution in [3.05, 3.63) is 41.2 Å². The lowest BCUT2D eigenvalue weighted by Crippen LogP contribution is -2.00. The van der Waals surface area contributed by atoms with Gasteiger partial charge in [0, 0.05) is 11.6 Å². The van der Waals surface area contributed by atoms with E-state index < -0.39 is 0 Å². The maximum atomic E-state index is 4.31. The molecule has 0 radical (unpaired) electrons. The first-order chi connectivity index (χ1) is 6.84. The van der Waals surface area contributed by atoms with Crippen molar-refractivity contribution in [2.24, 2.45) is 0 Å². The van der Waals surface area contributed by atoms with Gasteiger partial charge in [-0.1, -0.05) is 6.07 Å². The number of nitrogens with one attached hydrogen (secondary N) is 1. The SMILES string of the molecule is Cc1csc(NCc2ccccn2)n1. The molecule has 0 aliphatic heterocycles.